The van der Waals surface area contributed by atoms with E-state index in [1.807, 2.05) is 39.0 Å². The van der Waals surface area contributed by atoms with Crippen molar-refractivity contribution in [2.24, 2.45) is 0 Å². The van der Waals surface area contributed by atoms with E-state index in [1.54, 1.807) is 31.2 Å². The minimum atomic E-state index is -2.03. The summed E-state index contributed by atoms with van der Waals surface area (Å²) < 4.78 is 17.6. The highest BCUT2D eigenvalue weighted by Crippen LogP contribution is 2.27. The Morgan fingerprint density at radius 3 is 2.14 bits per heavy atom. The average molecular weight is 315 g/mol. The van der Waals surface area contributed by atoms with E-state index in [4.69, 9.17) is 4.52 Å². The molecule has 0 N–H and O–H groups in total. The second kappa shape index (κ2) is 6.95. The standard InChI is InChI=1S/C18H20O3P/c1-12-10-13(2)17(14(3)11-12)18(19)15(4)21-22(20)16-8-6-5-7-9-16/h5-11,15H,1-4H3/q+1. The summed E-state index contributed by atoms with van der Waals surface area (Å²) in [5, 5.41) is 0.592. The quantitative estimate of drug-likeness (QED) is 0.611. The first kappa shape index (κ1) is 16.5. The van der Waals surface area contributed by atoms with Crippen molar-refractivity contribution < 1.29 is 13.9 Å². The molecule has 2 unspecified atom stereocenters. The van der Waals surface area contributed by atoms with Crippen molar-refractivity contribution in [3.05, 3.63) is 64.7 Å². The molecule has 2 rings (SSSR count). The first-order valence-electron chi connectivity index (χ1n) is 7.21. The number of aryl methyl sites for hydroxylation is 3. The second-order valence-electron chi connectivity index (χ2n) is 5.48. The predicted molar refractivity (Wildman–Crippen MR) is 89.2 cm³/mol. The number of benzene rings is 2. The van der Waals surface area contributed by atoms with E-state index in [-0.39, 0.29) is 5.78 Å². The molecule has 2 aromatic carbocycles. The first-order valence-corrected chi connectivity index (χ1v) is 8.39. The fraction of sp³-hybridized carbons (Fsp3) is 0.278. The van der Waals surface area contributed by atoms with Crippen molar-refractivity contribution >= 4 is 19.1 Å². The van der Waals surface area contributed by atoms with Crippen LogP contribution < -0.4 is 5.30 Å². The van der Waals surface area contributed by atoms with Gasteiger partial charge in [-0.25, -0.2) is 0 Å². The number of hydrogen-bond donors (Lipinski definition) is 0. The molecule has 0 saturated carbocycles. The summed E-state index contributed by atoms with van der Waals surface area (Å²) in [6.45, 7) is 7.48. The van der Waals surface area contributed by atoms with Gasteiger partial charge in [0.2, 0.25) is 5.30 Å². The van der Waals surface area contributed by atoms with Gasteiger partial charge in [-0.2, -0.15) is 0 Å². The molecular formula is C18H20O3P+. The number of carbonyl (C=O) groups is 1. The highest BCUT2D eigenvalue weighted by Gasteiger charge is 2.31. The lowest BCUT2D eigenvalue weighted by atomic mass is 9.95. The molecule has 0 aromatic heterocycles. The van der Waals surface area contributed by atoms with E-state index in [2.05, 4.69) is 0 Å². The fourth-order valence-corrected chi connectivity index (χ4v) is 3.49. The van der Waals surface area contributed by atoms with Crippen LogP contribution in [0.1, 0.15) is 34.0 Å². The zero-order chi connectivity index (χ0) is 16.3. The molecule has 0 fully saturated rings. The van der Waals surface area contributed by atoms with E-state index >= 15 is 0 Å². The maximum atomic E-state index is 12.6. The van der Waals surface area contributed by atoms with Crippen LogP contribution in [0.2, 0.25) is 0 Å². The average Bonchev–Trinajstić information content (AvgIpc) is 2.46. The summed E-state index contributed by atoms with van der Waals surface area (Å²) >= 11 is 0. The third-order valence-corrected chi connectivity index (χ3v) is 4.74. The van der Waals surface area contributed by atoms with E-state index in [0.717, 1.165) is 16.7 Å². The van der Waals surface area contributed by atoms with Crippen LogP contribution in [-0.4, -0.2) is 11.9 Å². The van der Waals surface area contributed by atoms with Gasteiger partial charge >= 0.3 is 8.03 Å². The van der Waals surface area contributed by atoms with Gasteiger partial charge in [-0.05, 0) is 55.5 Å². The Hall–Kier alpha value is -1.83. The topological polar surface area (TPSA) is 43.4 Å². The summed E-state index contributed by atoms with van der Waals surface area (Å²) in [6, 6.07) is 12.9. The van der Waals surface area contributed by atoms with E-state index < -0.39 is 14.1 Å². The molecule has 0 heterocycles. The molecule has 0 aliphatic carbocycles. The third kappa shape index (κ3) is 3.68. The zero-order valence-electron chi connectivity index (χ0n) is 13.3. The Morgan fingerprint density at radius 1 is 1.05 bits per heavy atom. The van der Waals surface area contributed by atoms with Crippen LogP contribution in [0.4, 0.5) is 0 Å². The van der Waals surface area contributed by atoms with Crippen molar-refractivity contribution in [1.82, 2.24) is 0 Å². The summed E-state index contributed by atoms with van der Waals surface area (Å²) in [6.07, 6.45) is -0.746. The van der Waals surface area contributed by atoms with Crippen LogP contribution in [0.25, 0.3) is 0 Å². The van der Waals surface area contributed by atoms with Crippen molar-refractivity contribution in [1.29, 1.82) is 0 Å². The van der Waals surface area contributed by atoms with E-state index in [9.17, 15) is 9.36 Å². The van der Waals surface area contributed by atoms with Gasteiger partial charge in [-0.15, -0.1) is 4.52 Å². The van der Waals surface area contributed by atoms with Gasteiger partial charge in [0, 0.05) is 5.56 Å². The minimum absolute atomic E-state index is 0.130. The van der Waals surface area contributed by atoms with Crippen LogP contribution in [0.5, 0.6) is 0 Å². The summed E-state index contributed by atoms with van der Waals surface area (Å²) in [5.74, 6) is -0.130. The third-order valence-electron chi connectivity index (χ3n) is 3.51. The van der Waals surface area contributed by atoms with Gasteiger partial charge < -0.3 is 0 Å². The normalized spacial score (nSPS) is 12.8. The monoisotopic (exact) mass is 315 g/mol. The van der Waals surface area contributed by atoms with Crippen LogP contribution in [0.3, 0.4) is 0 Å². The van der Waals surface area contributed by atoms with Gasteiger partial charge in [0.1, 0.15) is 0 Å². The van der Waals surface area contributed by atoms with Crippen LogP contribution in [0, 0.1) is 20.8 Å². The van der Waals surface area contributed by atoms with Gasteiger partial charge in [0.25, 0.3) is 0 Å². The van der Waals surface area contributed by atoms with Gasteiger partial charge in [0.15, 0.2) is 11.9 Å². The van der Waals surface area contributed by atoms with Crippen molar-refractivity contribution in [2.75, 3.05) is 0 Å². The van der Waals surface area contributed by atoms with Crippen molar-refractivity contribution in [3.63, 3.8) is 0 Å². The van der Waals surface area contributed by atoms with Crippen molar-refractivity contribution in [3.8, 4) is 0 Å². The molecule has 0 amide bonds. The lowest BCUT2D eigenvalue weighted by Crippen LogP contribution is -2.21. The maximum Gasteiger partial charge on any atom is 0.549 e. The minimum Gasteiger partial charge on any atom is -0.291 e. The summed E-state index contributed by atoms with van der Waals surface area (Å²) in [4.78, 5) is 12.6. The Balaban J connectivity index is 2.18. The van der Waals surface area contributed by atoms with Crippen LogP contribution in [0.15, 0.2) is 42.5 Å². The largest absolute Gasteiger partial charge is 0.549 e. The Bertz CT molecular complexity index is 685. The molecule has 0 bridgehead atoms. The molecule has 0 aliphatic rings. The molecule has 4 heteroatoms. The molecule has 2 atom stereocenters. The van der Waals surface area contributed by atoms with Gasteiger partial charge in [-0.1, -0.05) is 35.9 Å². The second-order valence-corrected chi connectivity index (χ2v) is 6.72. The lowest BCUT2D eigenvalue weighted by molar-refractivity contribution is 0.0830. The smallest absolute Gasteiger partial charge is 0.291 e. The molecule has 22 heavy (non-hydrogen) atoms. The number of hydrogen-bond acceptors (Lipinski definition) is 3. The van der Waals surface area contributed by atoms with Crippen molar-refractivity contribution in [2.45, 2.75) is 33.8 Å². The molecule has 0 spiro atoms. The van der Waals surface area contributed by atoms with E-state index in [1.165, 1.54) is 0 Å². The van der Waals surface area contributed by atoms with Crippen LogP contribution in [-0.2, 0) is 9.09 Å². The lowest BCUT2D eigenvalue weighted by Gasteiger charge is -2.12. The Morgan fingerprint density at radius 2 is 1.59 bits per heavy atom. The Kier molecular flexibility index (Phi) is 5.23. The Labute approximate surface area is 132 Å². The molecule has 3 nitrogen and oxygen atoms in total. The first-order chi connectivity index (χ1) is 10.4. The summed E-state index contributed by atoms with van der Waals surface area (Å²) in [5.41, 5.74) is 3.63. The molecule has 0 saturated heterocycles. The molecule has 2 aromatic rings. The maximum absolute atomic E-state index is 12.6. The highest BCUT2D eigenvalue weighted by atomic mass is 31.1. The van der Waals surface area contributed by atoms with Gasteiger partial charge in [0.05, 0.1) is 0 Å². The van der Waals surface area contributed by atoms with E-state index in [0.29, 0.717) is 10.9 Å². The number of ketones is 1. The fourth-order valence-electron chi connectivity index (χ4n) is 2.57. The van der Waals surface area contributed by atoms with Crippen LogP contribution >= 0.6 is 8.03 Å². The van der Waals surface area contributed by atoms with Gasteiger partial charge in [-0.3, -0.25) is 4.79 Å². The molecular weight excluding hydrogens is 295 g/mol. The number of carbonyl (C=O) groups excluding carboxylic acids is 1. The SMILES string of the molecule is Cc1cc(C)c(C(=O)C(C)O[P+](=O)c2ccccc2)c(C)c1. The zero-order valence-corrected chi connectivity index (χ0v) is 14.2. The molecule has 114 valence electrons. The highest BCUT2D eigenvalue weighted by molar-refractivity contribution is 7.48. The number of Topliss-reactive ketones (excluding diaryl/α,β-unsaturated/α-hetero) is 1. The predicted octanol–water partition coefficient (Wildman–Crippen LogP) is 4.27. The molecule has 0 radical (unpaired) electrons. The molecule has 0 aliphatic heterocycles. The summed E-state index contributed by atoms with van der Waals surface area (Å²) in [7, 11) is -2.03. The number of rotatable bonds is 5.